The van der Waals surface area contributed by atoms with Gasteiger partial charge in [0.1, 0.15) is 0 Å². The summed E-state index contributed by atoms with van der Waals surface area (Å²) in [7, 11) is -1.92. The molecule has 1 aromatic carbocycles. The van der Waals surface area contributed by atoms with Crippen molar-refractivity contribution in [3.05, 3.63) is 39.9 Å². The predicted octanol–water partition coefficient (Wildman–Crippen LogP) is 1.93. The Kier molecular flexibility index (Phi) is 5.49. The second-order valence-corrected chi connectivity index (χ2v) is 7.52. The molecule has 0 aromatic heterocycles. The van der Waals surface area contributed by atoms with Crippen LogP contribution in [0.15, 0.2) is 24.3 Å². The molecule has 1 fully saturated rings. The molecular weight excluding hydrogens is 308 g/mol. The maximum absolute atomic E-state index is 12.3. The zero-order chi connectivity index (χ0) is 16.2. The predicted molar refractivity (Wildman–Crippen MR) is 81.9 cm³/mol. The van der Waals surface area contributed by atoms with Gasteiger partial charge >= 0.3 is 0 Å². The molecule has 0 radical (unpaired) electrons. The Bertz CT molecular complexity index is 609. The fraction of sp³-hybridized carbons (Fsp3) is 0.571. The number of hydrogen-bond acceptors (Lipinski definition) is 5. The maximum atomic E-state index is 12.3. The minimum absolute atomic E-state index is 0.0506. The van der Waals surface area contributed by atoms with E-state index in [-0.39, 0.29) is 17.5 Å². The van der Waals surface area contributed by atoms with Crippen molar-refractivity contribution in [2.75, 3.05) is 20.2 Å². The molecule has 0 bridgehead atoms. The number of likely N-dealkylation sites (N-methyl/N-ethyl adjacent to an activating group) is 1. The van der Waals surface area contributed by atoms with Crippen LogP contribution in [0.4, 0.5) is 5.69 Å². The summed E-state index contributed by atoms with van der Waals surface area (Å²) in [6, 6.07) is 5.57. The van der Waals surface area contributed by atoms with Gasteiger partial charge in [0.25, 0.3) is 5.69 Å². The lowest BCUT2D eigenvalue weighted by atomic mass is 10.1. The summed E-state index contributed by atoms with van der Waals surface area (Å²) in [5.74, 6) is -0.172. The molecule has 1 aliphatic rings. The van der Waals surface area contributed by atoms with Gasteiger partial charge in [0.2, 0.25) is 10.0 Å². The highest BCUT2D eigenvalue weighted by Crippen LogP contribution is 2.18. The van der Waals surface area contributed by atoms with Crippen molar-refractivity contribution in [3.8, 4) is 0 Å². The molecule has 1 aliphatic heterocycles. The number of nitro benzene ring substituents is 1. The molecule has 0 spiro atoms. The molecule has 0 N–H and O–H groups in total. The lowest BCUT2D eigenvalue weighted by Gasteiger charge is -2.27. The van der Waals surface area contributed by atoms with E-state index in [2.05, 4.69) is 0 Å². The van der Waals surface area contributed by atoms with Gasteiger partial charge in [-0.3, -0.25) is 10.1 Å². The lowest BCUT2D eigenvalue weighted by Crippen LogP contribution is -2.37. The van der Waals surface area contributed by atoms with Crippen LogP contribution in [0.5, 0.6) is 0 Å². The van der Waals surface area contributed by atoms with Crippen LogP contribution in [0, 0.1) is 10.1 Å². The number of ether oxygens (including phenoxy) is 1. The van der Waals surface area contributed by atoms with E-state index in [9.17, 15) is 18.5 Å². The Labute approximate surface area is 130 Å². The number of nitro groups is 1. The van der Waals surface area contributed by atoms with Crippen LogP contribution in [0.2, 0.25) is 0 Å². The molecule has 22 heavy (non-hydrogen) atoms. The van der Waals surface area contributed by atoms with E-state index in [4.69, 9.17) is 4.74 Å². The molecular formula is C14H20N2O5S. The highest BCUT2D eigenvalue weighted by atomic mass is 32.2. The van der Waals surface area contributed by atoms with Gasteiger partial charge in [-0.25, -0.2) is 12.7 Å². The van der Waals surface area contributed by atoms with E-state index >= 15 is 0 Å². The van der Waals surface area contributed by atoms with Crippen molar-refractivity contribution in [1.82, 2.24) is 4.31 Å². The number of nitrogens with zero attached hydrogens (tertiary/aromatic N) is 2. The van der Waals surface area contributed by atoms with Crippen molar-refractivity contribution in [3.63, 3.8) is 0 Å². The van der Waals surface area contributed by atoms with Crippen LogP contribution >= 0.6 is 0 Å². The van der Waals surface area contributed by atoms with Crippen LogP contribution in [0.25, 0.3) is 0 Å². The van der Waals surface area contributed by atoms with Crippen LogP contribution in [-0.2, 0) is 20.5 Å². The van der Waals surface area contributed by atoms with Crippen molar-refractivity contribution in [1.29, 1.82) is 0 Å². The van der Waals surface area contributed by atoms with Crippen molar-refractivity contribution in [2.45, 2.75) is 31.1 Å². The topological polar surface area (TPSA) is 89.8 Å². The number of benzene rings is 1. The number of hydrogen-bond donors (Lipinski definition) is 0. The normalized spacial score (nSPS) is 19.3. The molecule has 7 nitrogen and oxygen atoms in total. The van der Waals surface area contributed by atoms with E-state index in [1.54, 1.807) is 7.05 Å². The monoisotopic (exact) mass is 328 g/mol. The molecule has 1 aromatic rings. The molecule has 0 aliphatic carbocycles. The Hall–Kier alpha value is -1.51. The molecule has 122 valence electrons. The SMILES string of the molecule is CN(CC1CCCCO1)S(=O)(=O)Cc1ccc([N+](=O)[O-])cc1. The highest BCUT2D eigenvalue weighted by molar-refractivity contribution is 7.88. The number of non-ortho nitro benzene ring substituents is 1. The molecule has 0 saturated carbocycles. The molecule has 0 amide bonds. The van der Waals surface area contributed by atoms with Gasteiger partial charge < -0.3 is 4.74 Å². The van der Waals surface area contributed by atoms with E-state index in [0.717, 1.165) is 19.3 Å². The molecule has 1 heterocycles. The van der Waals surface area contributed by atoms with Gasteiger partial charge in [-0.2, -0.15) is 0 Å². The fourth-order valence-corrected chi connectivity index (χ4v) is 3.61. The second-order valence-electron chi connectivity index (χ2n) is 5.45. The van der Waals surface area contributed by atoms with Crippen molar-refractivity contribution < 1.29 is 18.1 Å². The number of sulfonamides is 1. The minimum Gasteiger partial charge on any atom is -0.377 e. The molecule has 8 heteroatoms. The third-order valence-electron chi connectivity index (χ3n) is 3.71. The van der Waals surface area contributed by atoms with Gasteiger partial charge in [-0.15, -0.1) is 0 Å². The first-order valence-electron chi connectivity index (χ1n) is 7.17. The van der Waals surface area contributed by atoms with Gasteiger partial charge in [0.15, 0.2) is 0 Å². The van der Waals surface area contributed by atoms with Gasteiger partial charge in [-0.05, 0) is 24.8 Å². The molecule has 1 atom stereocenters. The summed E-state index contributed by atoms with van der Waals surface area (Å²) in [6.45, 7) is 1.02. The Morgan fingerprint density at radius 2 is 2.00 bits per heavy atom. The number of rotatable bonds is 6. The van der Waals surface area contributed by atoms with E-state index in [1.165, 1.54) is 28.6 Å². The van der Waals surface area contributed by atoms with Crippen LogP contribution in [0.1, 0.15) is 24.8 Å². The summed E-state index contributed by atoms with van der Waals surface area (Å²) in [6.07, 6.45) is 2.90. The van der Waals surface area contributed by atoms with Crippen molar-refractivity contribution >= 4 is 15.7 Å². The smallest absolute Gasteiger partial charge is 0.269 e. The highest BCUT2D eigenvalue weighted by Gasteiger charge is 2.24. The van der Waals surface area contributed by atoms with E-state index in [1.807, 2.05) is 0 Å². The first-order valence-corrected chi connectivity index (χ1v) is 8.78. The standard InChI is InChI=1S/C14H20N2O5S/c1-15(10-14-4-2-3-9-21-14)22(19,20)11-12-5-7-13(8-6-12)16(17)18/h5-8,14H,2-4,9-11H2,1H3. The Balaban J connectivity index is 1.98. The van der Waals surface area contributed by atoms with E-state index in [0.29, 0.717) is 18.7 Å². The largest absolute Gasteiger partial charge is 0.377 e. The quantitative estimate of drug-likeness (QED) is 0.588. The first kappa shape index (κ1) is 16.9. The average molecular weight is 328 g/mol. The first-order chi connectivity index (χ1) is 10.4. The van der Waals surface area contributed by atoms with Crippen LogP contribution < -0.4 is 0 Å². The average Bonchev–Trinajstić information content (AvgIpc) is 2.48. The third-order valence-corrected chi connectivity index (χ3v) is 5.50. The Morgan fingerprint density at radius 3 is 2.55 bits per heavy atom. The second kappa shape index (κ2) is 7.17. The molecule has 1 saturated heterocycles. The fourth-order valence-electron chi connectivity index (χ4n) is 2.39. The van der Waals surface area contributed by atoms with E-state index < -0.39 is 14.9 Å². The molecule has 2 rings (SSSR count). The minimum atomic E-state index is -3.46. The van der Waals surface area contributed by atoms with Gasteiger partial charge in [-0.1, -0.05) is 12.1 Å². The summed E-state index contributed by atoms with van der Waals surface area (Å²) in [5, 5.41) is 10.6. The summed E-state index contributed by atoms with van der Waals surface area (Å²) >= 11 is 0. The van der Waals surface area contributed by atoms with Crippen LogP contribution in [0.3, 0.4) is 0 Å². The van der Waals surface area contributed by atoms with Gasteiger partial charge in [0.05, 0.1) is 16.8 Å². The third kappa shape index (κ3) is 4.49. The Morgan fingerprint density at radius 1 is 1.32 bits per heavy atom. The van der Waals surface area contributed by atoms with Gasteiger partial charge in [0, 0.05) is 32.3 Å². The zero-order valence-electron chi connectivity index (χ0n) is 12.5. The maximum Gasteiger partial charge on any atom is 0.269 e. The summed E-state index contributed by atoms with van der Waals surface area (Å²) in [4.78, 5) is 10.1. The zero-order valence-corrected chi connectivity index (χ0v) is 13.3. The summed E-state index contributed by atoms with van der Waals surface area (Å²) < 4.78 is 31.5. The molecule has 1 unspecified atom stereocenters. The summed E-state index contributed by atoms with van der Waals surface area (Å²) in [5.41, 5.74) is 0.479. The lowest BCUT2D eigenvalue weighted by molar-refractivity contribution is -0.384. The van der Waals surface area contributed by atoms with Crippen molar-refractivity contribution in [2.24, 2.45) is 0 Å². The van der Waals surface area contributed by atoms with Crippen LogP contribution in [-0.4, -0.2) is 43.9 Å².